The molecule has 2 aliphatic rings. The number of alkyl halides is 1. The van der Waals surface area contributed by atoms with Crippen LogP contribution in [0, 0.1) is 11.8 Å². The minimum absolute atomic E-state index is 0.00901. The number of nitrogens with one attached hydrogen (secondary N) is 2. The minimum Gasteiger partial charge on any atom is -0.460 e. The Morgan fingerprint density at radius 2 is 2.02 bits per heavy atom. The molecule has 5 rings (SSSR count). The average Bonchev–Trinajstić information content (AvgIpc) is 3.92. The van der Waals surface area contributed by atoms with Crippen molar-refractivity contribution in [1.82, 2.24) is 40.5 Å². The van der Waals surface area contributed by atoms with Crippen LogP contribution in [-0.4, -0.2) is 103 Å². The summed E-state index contributed by atoms with van der Waals surface area (Å²) in [4.78, 5) is 63.1. The molecule has 0 radical (unpaired) electrons. The first-order valence-corrected chi connectivity index (χ1v) is 18.3. The lowest BCUT2D eigenvalue weighted by atomic mass is 9.89. The SMILES string of the molecule is CC1=CC(O)CC(F)Cc2nc(co2)C(=O)N2CCCC2C(=O)OC(C(C)C)C(CC(=O)NCCn2cc(-c3cncc(N)c3)nn2)/C=C/C(=O)NCC=C1. The summed E-state index contributed by atoms with van der Waals surface area (Å²) in [6.45, 7) is 6.36. The maximum atomic E-state index is 14.8. The molecule has 294 valence electrons. The van der Waals surface area contributed by atoms with Gasteiger partial charge in [0.05, 0.1) is 31.0 Å². The first-order valence-electron chi connectivity index (χ1n) is 18.3. The minimum atomic E-state index is -1.50. The second kappa shape index (κ2) is 19.1. The predicted molar refractivity (Wildman–Crippen MR) is 198 cm³/mol. The van der Waals surface area contributed by atoms with Gasteiger partial charge in [0.2, 0.25) is 11.8 Å². The van der Waals surface area contributed by atoms with Crippen molar-refractivity contribution in [1.29, 1.82) is 0 Å². The molecule has 17 heteroatoms. The van der Waals surface area contributed by atoms with E-state index in [1.165, 1.54) is 23.2 Å². The molecule has 0 spiro atoms. The number of cyclic esters (lactones) is 1. The van der Waals surface area contributed by atoms with E-state index in [0.717, 1.165) is 6.26 Å². The van der Waals surface area contributed by atoms with Crippen LogP contribution in [0.1, 0.15) is 62.8 Å². The fourth-order valence-electron chi connectivity index (χ4n) is 6.50. The molecule has 0 saturated carbocycles. The number of carbonyl (C=O) groups excluding carboxylic acids is 4. The zero-order chi connectivity index (χ0) is 39.5. The Morgan fingerprint density at radius 1 is 1.20 bits per heavy atom. The average molecular weight is 762 g/mol. The first-order chi connectivity index (χ1) is 26.4. The highest BCUT2D eigenvalue weighted by atomic mass is 19.1. The van der Waals surface area contributed by atoms with Crippen LogP contribution in [0.2, 0.25) is 0 Å². The molecule has 55 heavy (non-hydrogen) atoms. The Labute approximate surface area is 318 Å². The number of anilines is 1. The molecule has 0 aliphatic carbocycles. The van der Waals surface area contributed by atoms with E-state index in [1.54, 1.807) is 48.3 Å². The Bertz CT molecular complexity index is 1900. The number of esters is 1. The van der Waals surface area contributed by atoms with E-state index in [1.807, 2.05) is 13.8 Å². The van der Waals surface area contributed by atoms with Crippen molar-refractivity contribution in [2.75, 3.05) is 25.4 Å². The Balaban J connectivity index is 1.32. The maximum Gasteiger partial charge on any atom is 0.329 e. The Hall–Kier alpha value is -5.71. The molecule has 1 fully saturated rings. The molecule has 5 unspecified atom stereocenters. The third kappa shape index (κ3) is 11.6. The van der Waals surface area contributed by atoms with Gasteiger partial charge in [-0.15, -0.1) is 5.10 Å². The number of carbonyl (C=O) groups is 4. The van der Waals surface area contributed by atoms with Crippen molar-refractivity contribution in [3.63, 3.8) is 0 Å². The molecule has 3 aromatic rings. The summed E-state index contributed by atoms with van der Waals surface area (Å²) in [5.74, 6) is -3.03. The van der Waals surface area contributed by atoms with E-state index in [2.05, 4.69) is 30.9 Å². The number of hydrogen-bond acceptors (Lipinski definition) is 12. The number of nitrogen functional groups attached to an aromatic ring is 1. The monoisotopic (exact) mass is 761 g/mol. The lowest BCUT2D eigenvalue weighted by Crippen LogP contribution is -2.44. The highest BCUT2D eigenvalue weighted by Crippen LogP contribution is 2.27. The number of nitrogens with two attached hydrogens (primary N) is 1. The van der Waals surface area contributed by atoms with E-state index >= 15 is 0 Å². The van der Waals surface area contributed by atoms with E-state index in [9.17, 15) is 28.7 Å². The molecule has 5 heterocycles. The molecule has 5 N–H and O–H groups in total. The summed E-state index contributed by atoms with van der Waals surface area (Å²) in [5, 5.41) is 24.3. The number of allylic oxidation sites excluding steroid dienone is 2. The van der Waals surface area contributed by atoms with E-state index in [-0.39, 0.29) is 62.3 Å². The largest absolute Gasteiger partial charge is 0.460 e. The number of pyridine rings is 1. The van der Waals surface area contributed by atoms with Crippen molar-refractivity contribution in [3.8, 4) is 11.3 Å². The molecule has 3 aromatic heterocycles. The zero-order valence-corrected chi connectivity index (χ0v) is 31.1. The van der Waals surface area contributed by atoms with Crippen molar-refractivity contribution in [2.45, 2.75) is 83.8 Å². The zero-order valence-electron chi connectivity index (χ0n) is 31.1. The van der Waals surface area contributed by atoms with Crippen molar-refractivity contribution in [2.24, 2.45) is 11.8 Å². The number of oxazole rings is 1. The van der Waals surface area contributed by atoms with Gasteiger partial charge in [0.25, 0.3) is 5.91 Å². The summed E-state index contributed by atoms with van der Waals surface area (Å²) in [6, 6.07) is 0.800. The fourth-order valence-corrected chi connectivity index (χ4v) is 6.50. The molecule has 2 aliphatic heterocycles. The maximum absolute atomic E-state index is 14.8. The smallest absolute Gasteiger partial charge is 0.329 e. The van der Waals surface area contributed by atoms with Gasteiger partial charge < -0.3 is 35.5 Å². The Morgan fingerprint density at radius 3 is 2.80 bits per heavy atom. The molecule has 5 atom stereocenters. The molecule has 0 aromatic carbocycles. The van der Waals surface area contributed by atoms with E-state index < -0.39 is 48.1 Å². The topological polar surface area (TPSA) is 221 Å². The normalized spacial score (nSPS) is 23.8. The molecule has 16 nitrogen and oxygen atoms in total. The second-order valence-electron chi connectivity index (χ2n) is 14.0. The number of nitrogens with zero attached hydrogens (tertiary/aromatic N) is 6. The lowest BCUT2D eigenvalue weighted by molar-refractivity contribution is -0.159. The fraction of sp³-hybridized carbons (Fsp3) is 0.474. The van der Waals surface area contributed by atoms with Crippen LogP contribution in [0.3, 0.4) is 0 Å². The molecular formula is C38H48FN9O7. The van der Waals surface area contributed by atoms with Gasteiger partial charge in [0.1, 0.15) is 30.3 Å². The van der Waals surface area contributed by atoms with Crippen LogP contribution in [0.5, 0.6) is 0 Å². The molecule has 1 saturated heterocycles. The number of halogens is 1. The van der Waals surface area contributed by atoms with Crippen LogP contribution in [0.15, 0.2) is 71.3 Å². The van der Waals surface area contributed by atoms with E-state index in [0.29, 0.717) is 41.9 Å². The van der Waals surface area contributed by atoms with Crippen molar-refractivity contribution in [3.05, 3.63) is 78.5 Å². The lowest BCUT2D eigenvalue weighted by Gasteiger charge is -2.30. The number of aromatic nitrogens is 5. The molecular weight excluding hydrogens is 713 g/mol. The van der Waals surface area contributed by atoms with Crippen LogP contribution >= 0.6 is 0 Å². The summed E-state index contributed by atoms with van der Waals surface area (Å²) in [5.41, 5.74) is 8.18. The van der Waals surface area contributed by atoms with Gasteiger partial charge >= 0.3 is 5.97 Å². The Kier molecular flexibility index (Phi) is 14.0. The van der Waals surface area contributed by atoms with Crippen LogP contribution in [0.25, 0.3) is 11.3 Å². The number of aliphatic hydroxyl groups excluding tert-OH is 1. The third-order valence-electron chi connectivity index (χ3n) is 9.18. The highest BCUT2D eigenvalue weighted by molar-refractivity contribution is 5.95. The van der Waals surface area contributed by atoms with E-state index in [4.69, 9.17) is 14.9 Å². The molecule has 3 amide bonds. The molecule has 2 bridgehead atoms. The standard InChI is InChI=1S/C38H48FN9O7/c1-23(2)36-25(16-34(51)43-11-13-47-21-30(45-46-47)26-15-28(40)20-41-19-26)8-9-33(50)42-10-4-6-24(3)14-29(49)17-27(39)18-35-44-31(22-54-35)37(52)48-12-5-7-32(48)38(53)55-36/h4,6,8-9,14-15,19-23,25,27,29,32,36,49H,5,7,10-13,16-18,40H2,1-3H3,(H,42,50)(H,43,51)/b6-4?,9-8+,24-14?. The number of fused-ring (bicyclic) bond motifs is 3. The third-order valence-corrected chi connectivity index (χ3v) is 9.18. The number of hydrogen-bond donors (Lipinski definition) is 4. The van der Waals surface area contributed by atoms with Crippen molar-refractivity contribution >= 4 is 29.4 Å². The van der Waals surface area contributed by atoms with Gasteiger partial charge in [-0.05, 0) is 37.8 Å². The van der Waals surface area contributed by atoms with Gasteiger partial charge in [-0.2, -0.15) is 0 Å². The van der Waals surface area contributed by atoms with Crippen LogP contribution in [0.4, 0.5) is 10.1 Å². The highest BCUT2D eigenvalue weighted by Gasteiger charge is 2.39. The first kappa shape index (κ1) is 40.5. The summed E-state index contributed by atoms with van der Waals surface area (Å²) >= 11 is 0. The number of ether oxygens (including phenoxy) is 1. The number of amides is 3. The summed E-state index contributed by atoms with van der Waals surface area (Å²) in [7, 11) is 0. The van der Waals surface area contributed by atoms with Gasteiger partial charge in [0.15, 0.2) is 11.6 Å². The van der Waals surface area contributed by atoms with Gasteiger partial charge in [-0.1, -0.05) is 48.9 Å². The van der Waals surface area contributed by atoms with Crippen LogP contribution in [-0.2, 0) is 32.1 Å². The number of aliphatic hydroxyl groups is 1. The number of rotatable bonds is 7. The summed E-state index contributed by atoms with van der Waals surface area (Å²) < 4.78 is 27.9. The summed E-state index contributed by atoms with van der Waals surface area (Å²) in [6.07, 6.45) is 10.6. The predicted octanol–water partition coefficient (Wildman–Crippen LogP) is 2.73. The van der Waals surface area contributed by atoms with Crippen LogP contribution < -0.4 is 16.4 Å². The van der Waals surface area contributed by atoms with Gasteiger partial charge in [-0.25, -0.2) is 14.2 Å². The van der Waals surface area contributed by atoms with Gasteiger partial charge in [0, 0.05) is 56.4 Å². The van der Waals surface area contributed by atoms with Gasteiger partial charge in [-0.3, -0.25) is 24.0 Å². The quantitative estimate of drug-likeness (QED) is 0.256. The van der Waals surface area contributed by atoms with Crippen molar-refractivity contribution < 1.29 is 37.8 Å². The second-order valence-corrected chi connectivity index (χ2v) is 14.0.